The van der Waals surface area contributed by atoms with Crippen LogP contribution in [0.25, 0.3) is 0 Å². The number of hydrogen-bond acceptors (Lipinski definition) is 2. The average Bonchev–Trinajstić information content (AvgIpc) is 2.12. The highest BCUT2D eigenvalue weighted by atomic mass is 79.9. The molecule has 2 nitrogen and oxygen atoms in total. The summed E-state index contributed by atoms with van der Waals surface area (Å²) in [6.07, 6.45) is 2.96. The molecule has 1 aromatic heterocycles. The zero-order chi connectivity index (χ0) is 9.42. The Morgan fingerprint density at radius 2 is 2.38 bits per heavy atom. The number of halogens is 1. The molecular formula is C10H13BrN2. The van der Waals surface area contributed by atoms with Gasteiger partial charge in [0.25, 0.3) is 0 Å². The van der Waals surface area contributed by atoms with Crippen LogP contribution >= 0.6 is 15.9 Å². The molecule has 0 unspecified atom stereocenters. The molecule has 2 heterocycles. The fourth-order valence-corrected chi connectivity index (χ4v) is 2.12. The Balaban J connectivity index is 2.45. The van der Waals surface area contributed by atoms with Gasteiger partial charge in [-0.2, -0.15) is 0 Å². The van der Waals surface area contributed by atoms with E-state index in [4.69, 9.17) is 0 Å². The van der Waals surface area contributed by atoms with E-state index in [-0.39, 0.29) is 0 Å². The third kappa shape index (κ3) is 1.63. The van der Waals surface area contributed by atoms with Crippen LogP contribution in [0.15, 0.2) is 16.7 Å². The zero-order valence-corrected chi connectivity index (χ0v) is 9.50. The van der Waals surface area contributed by atoms with E-state index in [1.54, 1.807) is 0 Å². The number of nitrogens with zero attached hydrogens (tertiary/aromatic N) is 2. The van der Waals surface area contributed by atoms with Crippen LogP contribution in [0.4, 0.5) is 0 Å². The summed E-state index contributed by atoms with van der Waals surface area (Å²) in [5.41, 5.74) is 2.62. The molecule has 70 valence electrons. The molecule has 0 aliphatic carbocycles. The van der Waals surface area contributed by atoms with Gasteiger partial charge >= 0.3 is 0 Å². The summed E-state index contributed by atoms with van der Waals surface area (Å²) in [6.45, 7) is 3.34. The van der Waals surface area contributed by atoms with E-state index in [1.165, 1.54) is 11.3 Å². The predicted molar refractivity (Wildman–Crippen MR) is 56.7 cm³/mol. The molecule has 1 aliphatic rings. The van der Waals surface area contributed by atoms with Crippen molar-refractivity contribution in [1.29, 1.82) is 0 Å². The number of hydrogen-bond donors (Lipinski definition) is 0. The van der Waals surface area contributed by atoms with Crippen LogP contribution in [0, 0.1) is 0 Å². The molecule has 1 aliphatic heterocycles. The highest BCUT2D eigenvalue weighted by Gasteiger charge is 2.21. The largest absolute Gasteiger partial charge is 0.299 e. The quantitative estimate of drug-likeness (QED) is 0.693. The van der Waals surface area contributed by atoms with Crippen molar-refractivity contribution in [2.75, 3.05) is 13.6 Å². The van der Waals surface area contributed by atoms with E-state index in [9.17, 15) is 0 Å². The first-order chi connectivity index (χ1) is 6.18. The normalized spacial score (nSPS) is 22.8. The van der Waals surface area contributed by atoms with Gasteiger partial charge in [-0.1, -0.05) is 0 Å². The van der Waals surface area contributed by atoms with Crippen LogP contribution < -0.4 is 0 Å². The second kappa shape index (κ2) is 3.39. The molecule has 3 heteroatoms. The van der Waals surface area contributed by atoms with Gasteiger partial charge in [0, 0.05) is 35.4 Å². The van der Waals surface area contributed by atoms with Crippen molar-refractivity contribution in [1.82, 2.24) is 9.88 Å². The lowest BCUT2D eigenvalue weighted by Gasteiger charge is -2.31. The maximum atomic E-state index is 4.43. The molecule has 1 atom stereocenters. The molecule has 0 bridgehead atoms. The van der Waals surface area contributed by atoms with Crippen LogP contribution in [0.2, 0.25) is 0 Å². The first-order valence-corrected chi connectivity index (χ1v) is 5.32. The Hall–Kier alpha value is -0.410. The summed E-state index contributed by atoms with van der Waals surface area (Å²) in [7, 11) is 2.16. The van der Waals surface area contributed by atoms with Gasteiger partial charge in [-0.15, -0.1) is 0 Å². The van der Waals surface area contributed by atoms with Crippen molar-refractivity contribution in [3.63, 3.8) is 0 Å². The number of rotatable bonds is 0. The maximum absolute atomic E-state index is 4.43. The van der Waals surface area contributed by atoms with Crippen molar-refractivity contribution < 1.29 is 0 Å². The molecule has 2 rings (SSSR count). The minimum Gasteiger partial charge on any atom is -0.299 e. The van der Waals surface area contributed by atoms with Crippen LogP contribution in [-0.2, 0) is 6.42 Å². The van der Waals surface area contributed by atoms with Gasteiger partial charge in [0.1, 0.15) is 0 Å². The van der Waals surface area contributed by atoms with Crippen molar-refractivity contribution in [3.8, 4) is 0 Å². The Bertz CT molecular complexity index is 325. The lowest BCUT2D eigenvalue weighted by molar-refractivity contribution is 0.245. The minimum atomic E-state index is 0.494. The number of aromatic nitrogens is 1. The summed E-state index contributed by atoms with van der Waals surface area (Å²) in [6, 6.07) is 2.68. The smallest absolute Gasteiger partial charge is 0.0464 e. The lowest BCUT2D eigenvalue weighted by atomic mass is 9.99. The van der Waals surface area contributed by atoms with Gasteiger partial charge in [0.2, 0.25) is 0 Å². The van der Waals surface area contributed by atoms with Gasteiger partial charge in [0.05, 0.1) is 0 Å². The van der Waals surface area contributed by atoms with E-state index >= 15 is 0 Å². The van der Waals surface area contributed by atoms with Gasteiger partial charge in [-0.3, -0.25) is 9.88 Å². The Morgan fingerprint density at radius 3 is 3.15 bits per heavy atom. The fraction of sp³-hybridized carbons (Fsp3) is 0.500. The lowest BCUT2D eigenvalue weighted by Crippen LogP contribution is -2.30. The van der Waals surface area contributed by atoms with E-state index < -0.39 is 0 Å². The fourth-order valence-electron chi connectivity index (χ4n) is 1.77. The Morgan fingerprint density at radius 1 is 1.62 bits per heavy atom. The zero-order valence-electron chi connectivity index (χ0n) is 7.92. The highest BCUT2D eigenvalue weighted by Crippen LogP contribution is 2.28. The molecule has 0 aromatic carbocycles. The molecule has 0 N–H and O–H groups in total. The Labute approximate surface area is 87.1 Å². The van der Waals surface area contributed by atoms with E-state index in [1.807, 2.05) is 6.20 Å². The molecule has 0 radical (unpaired) electrons. The summed E-state index contributed by atoms with van der Waals surface area (Å²) >= 11 is 3.46. The van der Waals surface area contributed by atoms with Crippen LogP contribution in [-0.4, -0.2) is 23.5 Å². The monoisotopic (exact) mass is 240 g/mol. The predicted octanol–water partition coefficient (Wildman–Crippen LogP) is 2.39. The molecule has 13 heavy (non-hydrogen) atoms. The molecular weight excluding hydrogens is 228 g/mol. The average molecular weight is 241 g/mol. The summed E-state index contributed by atoms with van der Waals surface area (Å²) in [4.78, 5) is 6.79. The summed E-state index contributed by atoms with van der Waals surface area (Å²) < 4.78 is 1.08. The van der Waals surface area contributed by atoms with Crippen molar-refractivity contribution in [2.24, 2.45) is 0 Å². The topological polar surface area (TPSA) is 16.1 Å². The van der Waals surface area contributed by atoms with Crippen LogP contribution in [0.1, 0.15) is 24.2 Å². The molecule has 0 saturated carbocycles. The van der Waals surface area contributed by atoms with Crippen molar-refractivity contribution in [3.05, 3.63) is 28.0 Å². The third-order valence-corrected chi connectivity index (χ3v) is 3.22. The molecule has 1 aromatic rings. The first kappa shape index (κ1) is 9.16. The number of fused-ring (bicyclic) bond motifs is 1. The second-order valence-electron chi connectivity index (χ2n) is 3.60. The maximum Gasteiger partial charge on any atom is 0.0464 e. The van der Waals surface area contributed by atoms with E-state index in [2.05, 4.69) is 45.9 Å². The summed E-state index contributed by atoms with van der Waals surface area (Å²) in [5, 5.41) is 0. The highest BCUT2D eigenvalue weighted by molar-refractivity contribution is 9.10. The van der Waals surface area contributed by atoms with Gasteiger partial charge in [-0.05, 0) is 41.5 Å². The molecule has 0 spiro atoms. The third-order valence-electron chi connectivity index (χ3n) is 2.78. The molecule has 0 saturated heterocycles. The van der Waals surface area contributed by atoms with Crippen molar-refractivity contribution >= 4 is 15.9 Å². The van der Waals surface area contributed by atoms with Gasteiger partial charge in [0.15, 0.2) is 0 Å². The van der Waals surface area contributed by atoms with Gasteiger partial charge in [-0.25, -0.2) is 0 Å². The van der Waals surface area contributed by atoms with Crippen molar-refractivity contribution in [2.45, 2.75) is 19.4 Å². The first-order valence-electron chi connectivity index (χ1n) is 4.53. The van der Waals surface area contributed by atoms with Crippen LogP contribution in [0.3, 0.4) is 0 Å². The second-order valence-corrected chi connectivity index (χ2v) is 4.51. The summed E-state index contributed by atoms with van der Waals surface area (Å²) in [5.74, 6) is 0. The Kier molecular flexibility index (Phi) is 2.39. The van der Waals surface area contributed by atoms with E-state index in [0.717, 1.165) is 17.4 Å². The number of pyridine rings is 1. The number of likely N-dealkylation sites (N-methyl/N-ethyl adjacent to an activating group) is 1. The standard InChI is InChI=1S/C10H13BrN2/c1-7-9-5-8(11)6-12-10(9)3-4-13(7)2/h5-7H,3-4H2,1-2H3/t7-/m1/s1. The molecule has 0 fully saturated rings. The minimum absolute atomic E-state index is 0.494. The van der Waals surface area contributed by atoms with E-state index in [0.29, 0.717) is 6.04 Å². The molecule has 0 amide bonds. The van der Waals surface area contributed by atoms with Crippen LogP contribution in [0.5, 0.6) is 0 Å². The SMILES string of the molecule is C[C@@H]1c2cc(Br)cnc2CCN1C. The van der Waals surface area contributed by atoms with Gasteiger partial charge < -0.3 is 0 Å².